The van der Waals surface area contributed by atoms with Crippen LogP contribution < -0.4 is 14.4 Å². The predicted molar refractivity (Wildman–Crippen MR) is 136 cm³/mol. The molecular weight excluding hydrogens is 551 g/mol. The van der Waals surface area contributed by atoms with Crippen molar-refractivity contribution < 1.29 is 27.0 Å². The second kappa shape index (κ2) is 9.94. The van der Waals surface area contributed by atoms with Gasteiger partial charge in [-0.2, -0.15) is 8.42 Å². The van der Waals surface area contributed by atoms with Crippen molar-refractivity contribution in [3.05, 3.63) is 92.4 Å². The Balaban J connectivity index is 1.75. The summed E-state index contributed by atoms with van der Waals surface area (Å²) in [5.41, 5.74) is 0.462. The van der Waals surface area contributed by atoms with E-state index < -0.39 is 33.5 Å². The van der Waals surface area contributed by atoms with Crippen molar-refractivity contribution in [1.29, 1.82) is 0 Å². The summed E-state index contributed by atoms with van der Waals surface area (Å²) in [6.07, 6.45) is 1.08. The molecule has 36 heavy (non-hydrogen) atoms. The molecule has 0 bridgehead atoms. The number of barbiturate groups is 1. The molecule has 4 rings (SSSR count). The maximum absolute atomic E-state index is 13.2. The maximum atomic E-state index is 13.2. The van der Waals surface area contributed by atoms with Crippen molar-refractivity contribution in [2.24, 2.45) is 0 Å². The van der Waals surface area contributed by atoms with Crippen molar-refractivity contribution in [3.63, 3.8) is 0 Å². The van der Waals surface area contributed by atoms with Crippen molar-refractivity contribution in [2.75, 3.05) is 4.90 Å². The van der Waals surface area contributed by atoms with Gasteiger partial charge in [-0.1, -0.05) is 52.5 Å². The zero-order chi connectivity index (χ0) is 26.2. The average Bonchev–Trinajstić information content (AvgIpc) is 2.80. The van der Waals surface area contributed by atoms with Crippen LogP contribution in [-0.2, 0) is 19.7 Å². The third-order valence-electron chi connectivity index (χ3n) is 5.04. The third-order valence-corrected chi connectivity index (χ3v) is 7.27. The first-order chi connectivity index (χ1) is 17.0. The van der Waals surface area contributed by atoms with Gasteiger partial charge in [-0.25, -0.2) is 9.69 Å². The Hall–Kier alpha value is -3.37. The molecular formula is C24H15Cl3N2O6S. The van der Waals surface area contributed by atoms with E-state index >= 15 is 0 Å². The number of rotatable bonds is 5. The van der Waals surface area contributed by atoms with Crippen LogP contribution in [0.4, 0.5) is 10.5 Å². The van der Waals surface area contributed by atoms with Gasteiger partial charge in [0, 0.05) is 10.6 Å². The predicted octanol–water partition coefficient (Wildman–Crippen LogP) is 5.39. The highest BCUT2D eigenvalue weighted by Crippen LogP contribution is 2.32. The second-order valence-corrected chi connectivity index (χ2v) is 10.4. The molecule has 0 aliphatic carbocycles. The lowest BCUT2D eigenvalue weighted by Gasteiger charge is -2.26. The molecule has 1 heterocycles. The molecule has 1 aliphatic rings. The topological polar surface area (TPSA) is 110 Å². The Kier molecular flexibility index (Phi) is 7.10. The van der Waals surface area contributed by atoms with Crippen LogP contribution in [0, 0.1) is 6.92 Å². The number of anilines is 1. The molecule has 1 N–H and O–H groups in total. The lowest BCUT2D eigenvalue weighted by Crippen LogP contribution is -2.54. The normalized spacial score (nSPS) is 15.3. The zero-order valence-corrected chi connectivity index (χ0v) is 21.4. The molecule has 1 aliphatic heterocycles. The van der Waals surface area contributed by atoms with E-state index in [1.54, 1.807) is 19.1 Å². The number of nitrogens with one attached hydrogen (secondary N) is 1. The molecule has 0 radical (unpaired) electrons. The summed E-state index contributed by atoms with van der Waals surface area (Å²) < 4.78 is 30.9. The summed E-state index contributed by atoms with van der Waals surface area (Å²) in [6, 6.07) is 13.0. The van der Waals surface area contributed by atoms with Gasteiger partial charge in [-0.05, 0) is 61.5 Å². The highest BCUT2D eigenvalue weighted by atomic mass is 35.5. The fourth-order valence-electron chi connectivity index (χ4n) is 3.25. The standard InChI is InChI=1S/C24H15Cl3N2O6S/c1-13-2-6-17(7-3-13)36(33,34)35-21-9-4-15(25)10-14(21)11-18-22(30)28-24(32)29(23(18)31)16-5-8-19(26)20(27)12-16/h2-12H,1H3,(H,28,30,32)/b18-11+. The van der Waals surface area contributed by atoms with Crippen LogP contribution in [0.1, 0.15) is 11.1 Å². The molecule has 8 nitrogen and oxygen atoms in total. The summed E-state index contributed by atoms with van der Waals surface area (Å²) in [5, 5.41) is 2.54. The number of imide groups is 2. The molecule has 1 fully saturated rings. The van der Waals surface area contributed by atoms with Gasteiger partial charge < -0.3 is 4.18 Å². The monoisotopic (exact) mass is 564 g/mol. The molecule has 4 amide bonds. The summed E-state index contributed by atoms with van der Waals surface area (Å²) in [6.45, 7) is 1.80. The van der Waals surface area contributed by atoms with Crippen LogP contribution in [-0.4, -0.2) is 26.3 Å². The summed E-state index contributed by atoms with van der Waals surface area (Å²) in [4.78, 5) is 38.8. The van der Waals surface area contributed by atoms with Gasteiger partial charge in [0.25, 0.3) is 11.8 Å². The molecule has 0 spiro atoms. The fourth-order valence-corrected chi connectivity index (χ4v) is 4.68. The number of carbonyl (C=O) groups is 3. The molecule has 3 aromatic carbocycles. The number of halogens is 3. The van der Waals surface area contributed by atoms with E-state index in [0.717, 1.165) is 11.6 Å². The van der Waals surface area contributed by atoms with Crippen LogP contribution in [0.5, 0.6) is 5.75 Å². The third kappa shape index (κ3) is 5.24. The number of benzene rings is 3. The molecule has 0 saturated carbocycles. The van der Waals surface area contributed by atoms with Gasteiger partial charge in [0.15, 0.2) is 0 Å². The molecule has 12 heteroatoms. The van der Waals surface area contributed by atoms with Crippen LogP contribution in [0.2, 0.25) is 15.1 Å². The lowest BCUT2D eigenvalue weighted by molar-refractivity contribution is -0.122. The summed E-state index contributed by atoms with van der Waals surface area (Å²) in [5.74, 6) is -2.16. The van der Waals surface area contributed by atoms with E-state index in [2.05, 4.69) is 5.32 Å². The van der Waals surface area contributed by atoms with Gasteiger partial charge in [-0.15, -0.1) is 0 Å². The van der Waals surface area contributed by atoms with Crippen LogP contribution in [0.25, 0.3) is 6.08 Å². The fraction of sp³-hybridized carbons (Fsp3) is 0.0417. The average molecular weight is 566 g/mol. The Morgan fingerprint density at radius 2 is 1.58 bits per heavy atom. The highest BCUT2D eigenvalue weighted by Gasteiger charge is 2.37. The van der Waals surface area contributed by atoms with Crippen molar-refractivity contribution in [2.45, 2.75) is 11.8 Å². The van der Waals surface area contributed by atoms with E-state index in [0.29, 0.717) is 4.90 Å². The zero-order valence-electron chi connectivity index (χ0n) is 18.3. The molecule has 0 aromatic heterocycles. The smallest absolute Gasteiger partial charge is 0.339 e. The molecule has 184 valence electrons. The summed E-state index contributed by atoms with van der Waals surface area (Å²) in [7, 11) is -4.25. The van der Waals surface area contributed by atoms with Crippen molar-refractivity contribution in [3.8, 4) is 5.75 Å². The van der Waals surface area contributed by atoms with Gasteiger partial charge in [0.1, 0.15) is 16.2 Å². The van der Waals surface area contributed by atoms with E-state index in [4.69, 9.17) is 39.0 Å². The Bertz CT molecular complexity index is 1550. The highest BCUT2D eigenvalue weighted by molar-refractivity contribution is 7.87. The van der Waals surface area contributed by atoms with Gasteiger partial charge in [0.05, 0.1) is 15.7 Å². The SMILES string of the molecule is Cc1ccc(S(=O)(=O)Oc2ccc(Cl)cc2/C=C2\C(=O)NC(=O)N(c3ccc(Cl)c(Cl)c3)C2=O)cc1. The second-order valence-electron chi connectivity index (χ2n) is 7.59. The van der Waals surface area contributed by atoms with Crippen LogP contribution in [0.15, 0.2) is 71.1 Å². The van der Waals surface area contributed by atoms with Crippen LogP contribution >= 0.6 is 34.8 Å². The number of hydrogen-bond acceptors (Lipinski definition) is 6. The molecule has 3 aromatic rings. The van der Waals surface area contributed by atoms with Crippen LogP contribution in [0.3, 0.4) is 0 Å². The quantitative estimate of drug-likeness (QED) is 0.252. The maximum Gasteiger partial charge on any atom is 0.339 e. The first-order valence-corrected chi connectivity index (χ1v) is 12.7. The first kappa shape index (κ1) is 25.7. The number of carbonyl (C=O) groups excluding carboxylic acids is 3. The van der Waals surface area contributed by atoms with E-state index in [1.807, 2.05) is 0 Å². The number of hydrogen-bond donors (Lipinski definition) is 1. The van der Waals surface area contributed by atoms with Gasteiger partial charge in [0.2, 0.25) is 0 Å². The van der Waals surface area contributed by atoms with Gasteiger partial charge in [-0.3, -0.25) is 14.9 Å². The number of aryl methyl sites for hydroxylation is 1. The minimum Gasteiger partial charge on any atom is -0.378 e. The van der Waals surface area contributed by atoms with Crippen molar-refractivity contribution >= 4 is 74.5 Å². The molecule has 0 unspecified atom stereocenters. The minimum atomic E-state index is -4.25. The number of amides is 4. The van der Waals surface area contributed by atoms with Gasteiger partial charge >= 0.3 is 16.1 Å². The Labute approximate surface area is 221 Å². The number of urea groups is 1. The van der Waals surface area contributed by atoms with E-state index in [9.17, 15) is 22.8 Å². The van der Waals surface area contributed by atoms with E-state index in [1.165, 1.54) is 48.5 Å². The lowest BCUT2D eigenvalue weighted by atomic mass is 10.1. The summed E-state index contributed by atoms with van der Waals surface area (Å²) >= 11 is 18.0. The number of nitrogens with zero attached hydrogens (tertiary/aromatic N) is 1. The van der Waals surface area contributed by atoms with Crippen molar-refractivity contribution in [1.82, 2.24) is 5.32 Å². The molecule has 0 atom stereocenters. The first-order valence-electron chi connectivity index (χ1n) is 10.1. The largest absolute Gasteiger partial charge is 0.378 e. The Morgan fingerprint density at radius 1 is 0.889 bits per heavy atom. The minimum absolute atomic E-state index is 0.0140. The van der Waals surface area contributed by atoms with E-state index in [-0.39, 0.29) is 37.0 Å². The molecule has 1 saturated heterocycles. The Morgan fingerprint density at radius 3 is 2.25 bits per heavy atom.